The molecule has 6 heteroatoms. The molecule has 0 aliphatic carbocycles. The molecule has 0 atom stereocenters. The SMILES string of the molecule is CC1CCN(C(=S)NC(=O)c2cc(Br)ccc2OCCc2ccccc2)CC1. The molecule has 1 heterocycles. The second kappa shape index (κ2) is 10.0. The number of carbonyl (C=O) groups is 1. The minimum atomic E-state index is -0.236. The van der Waals surface area contributed by atoms with E-state index in [1.165, 1.54) is 5.56 Å². The molecule has 3 rings (SSSR count). The van der Waals surface area contributed by atoms with E-state index in [2.05, 4.69) is 45.2 Å². The summed E-state index contributed by atoms with van der Waals surface area (Å²) in [5, 5.41) is 3.37. The predicted molar refractivity (Wildman–Crippen MR) is 120 cm³/mol. The van der Waals surface area contributed by atoms with Gasteiger partial charge in [0.1, 0.15) is 5.75 Å². The molecule has 0 spiro atoms. The van der Waals surface area contributed by atoms with Gasteiger partial charge in [0.2, 0.25) is 0 Å². The van der Waals surface area contributed by atoms with E-state index in [0.717, 1.165) is 36.8 Å². The minimum Gasteiger partial charge on any atom is -0.492 e. The summed E-state index contributed by atoms with van der Waals surface area (Å²) in [6.07, 6.45) is 2.98. The second-order valence-electron chi connectivity index (χ2n) is 7.15. The van der Waals surface area contributed by atoms with Gasteiger partial charge in [0.15, 0.2) is 5.11 Å². The van der Waals surface area contributed by atoms with Crippen molar-refractivity contribution < 1.29 is 9.53 Å². The summed E-state index contributed by atoms with van der Waals surface area (Å²) in [6.45, 7) is 4.53. The van der Waals surface area contributed by atoms with Crippen LogP contribution in [0.4, 0.5) is 0 Å². The van der Waals surface area contributed by atoms with Crippen LogP contribution in [0.2, 0.25) is 0 Å². The van der Waals surface area contributed by atoms with Crippen LogP contribution in [0.25, 0.3) is 0 Å². The zero-order valence-electron chi connectivity index (χ0n) is 16.0. The lowest BCUT2D eigenvalue weighted by atomic mass is 10.00. The Hall–Kier alpha value is -1.92. The van der Waals surface area contributed by atoms with E-state index in [4.69, 9.17) is 17.0 Å². The number of amides is 1. The first-order valence-corrected chi connectivity index (χ1v) is 10.8. The first kappa shape index (κ1) is 20.8. The number of likely N-dealkylation sites (tertiary alicyclic amines) is 1. The van der Waals surface area contributed by atoms with Gasteiger partial charge in [-0.2, -0.15) is 0 Å². The van der Waals surface area contributed by atoms with E-state index < -0.39 is 0 Å². The van der Waals surface area contributed by atoms with E-state index >= 15 is 0 Å². The van der Waals surface area contributed by atoms with Gasteiger partial charge < -0.3 is 9.64 Å². The summed E-state index contributed by atoms with van der Waals surface area (Å²) in [7, 11) is 0. The molecule has 0 unspecified atom stereocenters. The van der Waals surface area contributed by atoms with Crippen molar-refractivity contribution in [3.63, 3.8) is 0 Å². The fourth-order valence-electron chi connectivity index (χ4n) is 3.18. The van der Waals surface area contributed by atoms with Crippen LogP contribution in [0.1, 0.15) is 35.7 Å². The lowest BCUT2D eigenvalue weighted by molar-refractivity contribution is 0.0968. The number of piperidine rings is 1. The van der Waals surface area contributed by atoms with Crippen molar-refractivity contribution in [2.45, 2.75) is 26.2 Å². The predicted octanol–water partition coefficient (Wildman–Crippen LogP) is 4.82. The Morgan fingerprint density at radius 3 is 2.64 bits per heavy atom. The van der Waals surface area contributed by atoms with E-state index in [0.29, 0.717) is 29.0 Å². The highest BCUT2D eigenvalue weighted by molar-refractivity contribution is 9.10. The maximum Gasteiger partial charge on any atom is 0.261 e. The normalized spacial score (nSPS) is 14.6. The van der Waals surface area contributed by atoms with Crippen molar-refractivity contribution in [2.75, 3.05) is 19.7 Å². The monoisotopic (exact) mass is 460 g/mol. The van der Waals surface area contributed by atoms with Crippen LogP contribution in [0.15, 0.2) is 53.0 Å². The van der Waals surface area contributed by atoms with Gasteiger partial charge in [-0.25, -0.2) is 0 Å². The van der Waals surface area contributed by atoms with Gasteiger partial charge in [0.25, 0.3) is 5.91 Å². The van der Waals surface area contributed by atoms with E-state index in [9.17, 15) is 4.79 Å². The average Bonchev–Trinajstić information content (AvgIpc) is 2.70. The van der Waals surface area contributed by atoms with Gasteiger partial charge in [0, 0.05) is 24.0 Å². The smallest absolute Gasteiger partial charge is 0.261 e. The zero-order chi connectivity index (χ0) is 19.9. The first-order valence-electron chi connectivity index (χ1n) is 9.59. The molecule has 148 valence electrons. The maximum absolute atomic E-state index is 12.8. The molecule has 2 aromatic rings. The third-order valence-corrected chi connectivity index (χ3v) is 5.82. The third kappa shape index (κ3) is 5.79. The lowest BCUT2D eigenvalue weighted by Gasteiger charge is -2.32. The average molecular weight is 461 g/mol. The number of nitrogens with one attached hydrogen (secondary N) is 1. The molecule has 0 saturated carbocycles. The number of hydrogen-bond acceptors (Lipinski definition) is 3. The summed E-state index contributed by atoms with van der Waals surface area (Å²) in [5.74, 6) is 1.04. The maximum atomic E-state index is 12.8. The molecule has 0 radical (unpaired) electrons. The zero-order valence-corrected chi connectivity index (χ0v) is 18.4. The highest BCUT2D eigenvalue weighted by atomic mass is 79.9. The molecule has 28 heavy (non-hydrogen) atoms. The molecule has 4 nitrogen and oxygen atoms in total. The van der Waals surface area contributed by atoms with Crippen molar-refractivity contribution in [2.24, 2.45) is 5.92 Å². The quantitative estimate of drug-likeness (QED) is 0.649. The van der Waals surface area contributed by atoms with E-state index in [1.807, 2.05) is 30.3 Å². The van der Waals surface area contributed by atoms with E-state index in [-0.39, 0.29) is 5.91 Å². The number of hydrogen-bond donors (Lipinski definition) is 1. The van der Waals surface area contributed by atoms with Crippen molar-refractivity contribution in [3.05, 3.63) is 64.1 Å². The fraction of sp³-hybridized carbons (Fsp3) is 0.364. The summed E-state index contributed by atoms with van der Waals surface area (Å²) < 4.78 is 6.74. The van der Waals surface area contributed by atoms with Gasteiger partial charge >= 0.3 is 0 Å². The molecular weight excluding hydrogens is 436 g/mol. The number of halogens is 1. The number of ether oxygens (including phenoxy) is 1. The molecule has 1 aliphatic rings. The Bertz CT molecular complexity index is 821. The van der Waals surface area contributed by atoms with Crippen molar-refractivity contribution >= 4 is 39.2 Å². The third-order valence-electron chi connectivity index (χ3n) is 4.97. The highest BCUT2D eigenvalue weighted by Gasteiger charge is 2.21. The van der Waals surface area contributed by atoms with Crippen LogP contribution >= 0.6 is 28.1 Å². The van der Waals surface area contributed by atoms with Gasteiger partial charge in [-0.05, 0) is 54.7 Å². The molecule has 2 aromatic carbocycles. The Balaban J connectivity index is 1.62. The largest absolute Gasteiger partial charge is 0.492 e. The lowest BCUT2D eigenvalue weighted by Crippen LogP contribution is -2.46. The number of thiocarbonyl (C=S) groups is 1. The van der Waals surface area contributed by atoms with Crippen LogP contribution in [-0.2, 0) is 6.42 Å². The Kier molecular flexibility index (Phi) is 7.45. The van der Waals surface area contributed by atoms with Crippen LogP contribution in [0.5, 0.6) is 5.75 Å². The van der Waals surface area contributed by atoms with Crippen molar-refractivity contribution in [3.8, 4) is 5.75 Å². The molecule has 0 aromatic heterocycles. The van der Waals surface area contributed by atoms with Gasteiger partial charge in [-0.3, -0.25) is 10.1 Å². The number of benzene rings is 2. The molecule has 1 aliphatic heterocycles. The Morgan fingerprint density at radius 2 is 1.93 bits per heavy atom. The van der Waals surface area contributed by atoms with E-state index in [1.54, 1.807) is 6.07 Å². The summed E-state index contributed by atoms with van der Waals surface area (Å²) >= 11 is 8.90. The van der Waals surface area contributed by atoms with Crippen LogP contribution in [0.3, 0.4) is 0 Å². The fourth-order valence-corrected chi connectivity index (χ4v) is 3.82. The molecule has 1 saturated heterocycles. The van der Waals surface area contributed by atoms with Crippen molar-refractivity contribution in [1.29, 1.82) is 0 Å². The minimum absolute atomic E-state index is 0.236. The molecule has 1 N–H and O–H groups in total. The van der Waals surface area contributed by atoms with Crippen molar-refractivity contribution in [1.82, 2.24) is 10.2 Å². The summed E-state index contributed by atoms with van der Waals surface area (Å²) in [4.78, 5) is 14.9. The van der Waals surface area contributed by atoms with Crippen LogP contribution in [-0.4, -0.2) is 35.6 Å². The summed E-state index contributed by atoms with van der Waals surface area (Å²) in [6, 6.07) is 15.6. The number of rotatable bonds is 5. The Morgan fingerprint density at radius 1 is 1.21 bits per heavy atom. The topological polar surface area (TPSA) is 41.6 Å². The standard InChI is InChI=1S/C22H25BrN2O2S/c1-16-9-12-25(13-10-16)22(28)24-21(26)19-15-18(23)7-8-20(19)27-14-11-17-5-3-2-4-6-17/h2-8,15-16H,9-14H2,1H3,(H,24,26,28). The van der Waals surface area contributed by atoms with Crippen LogP contribution in [0, 0.1) is 5.92 Å². The molecule has 1 fully saturated rings. The number of nitrogens with zero attached hydrogens (tertiary/aromatic N) is 1. The first-order chi connectivity index (χ1) is 13.5. The van der Waals surface area contributed by atoms with Gasteiger partial charge in [0.05, 0.1) is 12.2 Å². The van der Waals surface area contributed by atoms with Gasteiger partial charge in [-0.15, -0.1) is 0 Å². The summed E-state index contributed by atoms with van der Waals surface area (Å²) in [5.41, 5.74) is 1.68. The van der Waals surface area contributed by atoms with Gasteiger partial charge in [-0.1, -0.05) is 53.2 Å². The Labute approximate surface area is 180 Å². The number of carbonyl (C=O) groups excluding carboxylic acids is 1. The van der Waals surface area contributed by atoms with Crippen LogP contribution < -0.4 is 10.1 Å². The highest BCUT2D eigenvalue weighted by Crippen LogP contribution is 2.24. The molecule has 0 bridgehead atoms. The molecule has 1 amide bonds. The molecular formula is C22H25BrN2O2S. The second-order valence-corrected chi connectivity index (χ2v) is 8.46.